The van der Waals surface area contributed by atoms with Gasteiger partial charge >= 0.3 is 0 Å². The molecule has 0 aliphatic rings. The van der Waals surface area contributed by atoms with Crippen LogP contribution in [0.4, 0.5) is 0 Å². The average molecular weight is 503 g/mol. The van der Waals surface area contributed by atoms with Crippen molar-refractivity contribution in [2.75, 3.05) is 6.61 Å². The molecular weight excluding hydrogens is 456 g/mol. The van der Waals surface area contributed by atoms with Crippen molar-refractivity contribution in [3.8, 4) is 0 Å². The van der Waals surface area contributed by atoms with Crippen molar-refractivity contribution in [1.82, 2.24) is 0 Å². The second-order valence-electron chi connectivity index (χ2n) is 12.7. The van der Waals surface area contributed by atoms with E-state index in [9.17, 15) is 0 Å². The molecule has 0 spiro atoms. The number of hydrogen-bond acceptors (Lipinski definition) is 2. The zero-order chi connectivity index (χ0) is 26.4. The SMILES string of the molecule is Cc1ccc(C(CC(C)(C)c2ccc(COCC(C)(C)C)cc2)C(C)(C)SCc2ccccc2)cc1. The van der Waals surface area contributed by atoms with Gasteiger partial charge in [0.25, 0.3) is 0 Å². The van der Waals surface area contributed by atoms with Gasteiger partial charge in [0.15, 0.2) is 0 Å². The Hall–Kier alpha value is -2.03. The molecule has 0 N–H and O–H groups in total. The fourth-order valence-corrected chi connectivity index (χ4v) is 5.82. The summed E-state index contributed by atoms with van der Waals surface area (Å²) >= 11 is 2.07. The molecule has 0 radical (unpaired) electrons. The lowest BCUT2D eigenvalue weighted by Gasteiger charge is -2.40. The third-order valence-electron chi connectivity index (χ3n) is 7.03. The Labute approximate surface area is 225 Å². The van der Waals surface area contributed by atoms with Crippen LogP contribution in [-0.2, 0) is 22.5 Å². The number of ether oxygens (including phenoxy) is 1. The number of benzene rings is 3. The van der Waals surface area contributed by atoms with Gasteiger partial charge in [0, 0.05) is 10.5 Å². The van der Waals surface area contributed by atoms with Crippen molar-refractivity contribution in [2.24, 2.45) is 5.41 Å². The average Bonchev–Trinajstić information content (AvgIpc) is 2.82. The number of rotatable bonds is 11. The van der Waals surface area contributed by atoms with Crippen molar-refractivity contribution in [2.45, 2.75) is 90.3 Å². The van der Waals surface area contributed by atoms with E-state index < -0.39 is 0 Å². The van der Waals surface area contributed by atoms with E-state index in [1.807, 2.05) is 0 Å². The van der Waals surface area contributed by atoms with Crippen LogP contribution in [-0.4, -0.2) is 11.4 Å². The van der Waals surface area contributed by atoms with Crippen molar-refractivity contribution in [3.05, 3.63) is 107 Å². The lowest BCUT2D eigenvalue weighted by Crippen LogP contribution is -2.32. The van der Waals surface area contributed by atoms with Crippen molar-refractivity contribution in [3.63, 3.8) is 0 Å². The Morgan fingerprint density at radius 3 is 1.92 bits per heavy atom. The van der Waals surface area contributed by atoms with E-state index in [-0.39, 0.29) is 15.6 Å². The molecule has 194 valence electrons. The highest BCUT2D eigenvalue weighted by Crippen LogP contribution is 2.47. The van der Waals surface area contributed by atoms with Gasteiger partial charge in [-0.3, -0.25) is 0 Å². The summed E-state index contributed by atoms with van der Waals surface area (Å²) in [6.45, 7) is 19.9. The van der Waals surface area contributed by atoms with E-state index in [2.05, 4.69) is 146 Å². The van der Waals surface area contributed by atoms with E-state index in [1.165, 1.54) is 27.8 Å². The monoisotopic (exact) mass is 502 g/mol. The summed E-state index contributed by atoms with van der Waals surface area (Å²) in [4.78, 5) is 0. The Kier molecular flexibility index (Phi) is 9.52. The lowest BCUT2D eigenvalue weighted by molar-refractivity contribution is 0.0599. The lowest BCUT2D eigenvalue weighted by atomic mass is 9.71. The molecule has 0 amide bonds. The summed E-state index contributed by atoms with van der Waals surface area (Å²) in [6.07, 6.45) is 1.09. The van der Waals surface area contributed by atoms with Crippen molar-refractivity contribution >= 4 is 11.8 Å². The highest BCUT2D eigenvalue weighted by atomic mass is 32.2. The van der Waals surface area contributed by atoms with Crippen LogP contribution in [0.25, 0.3) is 0 Å². The molecule has 1 atom stereocenters. The van der Waals surface area contributed by atoms with Gasteiger partial charge in [0.1, 0.15) is 0 Å². The highest BCUT2D eigenvalue weighted by molar-refractivity contribution is 7.99. The first-order chi connectivity index (χ1) is 16.9. The zero-order valence-electron chi connectivity index (χ0n) is 23.7. The van der Waals surface area contributed by atoms with Gasteiger partial charge in [-0.15, -0.1) is 0 Å². The molecule has 3 aromatic carbocycles. The predicted octanol–water partition coefficient (Wildman–Crippen LogP) is 9.72. The largest absolute Gasteiger partial charge is 0.376 e. The maximum Gasteiger partial charge on any atom is 0.0717 e. The fraction of sp³-hybridized carbons (Fsp3) is 0.471. The van der Waals surface area contributed by atoms with Crippen LogP contribution in [0.1, 0.15) is 88.6 Å². The summed E-state index contributed by atoms with van der Waals surface area (Å²) in [5, 5.41) is 0. The van der Waals surface area contributed by atoms with E-state index in [0.29, 0.717) is 12.5 Å². The molecule has 0 aliphatic heterocycles. The van der Waals surface area contributed by atoms with Gasteiger partial charge in [-0.1, -0.05) is 133 Å². The molecule has 2 heteroatoms. The van der Waals surface area contributed by atoms with E-state index >= 15 is 0 Å². The highest BCUT2D eigenvalue weighted by Gasteiger charge is 2.36. The van der Waals surface area contributed by atoms with Gasteiger partial charge in [0.2, 0.25) is 0 Å². The Morgan fingerprint density at radius 2 is 1.33 bits per heavy atom. The van der Waals surface area contributed by atoms with Gasteiger partial charge in [-0.05, 0) is 52.3 Å². The maximum atomic E-state index is 5.95. The molecule has 0 aliphatic carbocycles. The molecule has 0 saturated heterocycles. The summed E-state index contributed by atoms with van der Waals surface area (Å²) in [7, 11) is 0. The molecular formula is C34H46OS. The zero-order valence-corrected chi connectivity index (χ0v) is 24.5. The summed E-state index contributed by atoms with van der Waals surface area (Å²) < 4.78 is 6.03. The van der Waals surface area contributed by atoms with Crippen LogP contribution in [0.3, 0.4) is 0 Å². The van der Waals surface area contributed by atoms with Crippen LogP contribution >= 0.6 is 11.8 Å². The molecule has 0 heterocycles. The van der Waals surface area contributed by atoms with Crippen LogP contribution in [0.15, 0.2) is 78.9 Å². The van der Waals surface area contributed by atoms with Crippen LogP contribution in [0.5, 0.6) is 0 Å². The van der Waals surface area contributed by atoms with Crippen LogP contribution in [0, 0.1) is 12.3 Å². The quantitative estimate of drug-likeness (QED) is 0.258. The maximum absolute atomic E-state index is 5.95. The number of thioether (sulfide) groups is 1. The van der Waals surface area contributed by atoms with E-state index in [4.69, 9.17) is 4.74 Å². The third-order valence-corrected chi connectivity index (χ3v) is 8.53. The fourth-order valence-electron chi connectivity index (χ4n) is 4.66. The number of hydrogen-bond donors (Lipinski definition) is 0. The van der Waals surface area contributed by atoms with E-state index in [1.54, 1.807) is 0 Å². The molecule has 0 saturated carbocycles. The van der Waals surface area contributed by atoms with Gasteiger partial charge < -0.3 is 4.74 Å². The van der Waals surface area contributed by atoms with Crippen LogP contribution < -0.4 is 0 Å². The van der Waals surface area contributed by atoms with Crippen molar-refractivity contribution < 1.29 is 4.74 Å². The smallest absolute Gasteiger partial charge is 0.0717 e. The molecule has 36 heavy (non-hydrogen) atoms. The number of aryl methyl sites for hydroxylation is 1. The van der Waals surface area contributed by atoms with Gasteiger partial charge in [-0.2, -0.15) is 11.8 Å². The second-order valence-corrected chi connectivity index (χ2v) is 14.3. The minimum absolute atomic E-state index is 0.0466. The second kappa shape index (κ2) is 12.0. The minimum Gasteiger partial charge on any atom is -0.376 e. The topological polar surface area (TPSA) is 9.23 Å². The van der Waals surface area contributed by atoms with Crippen molar-refractivity contribution in [1.29, 1.82) is 0 Å². The molecule has 0 fully saturated rings. The predicted molar refractivity (Wildman–Crippen MR) is 159 cm³/mol. The Morgan fingerprint density at radius 1 is 0.722 bits per heavy atom. The third kappa shape index (κ3) is 8.53. The van der Waals surface area contributed by atoms with E-state index in [0.717, 1.165) is 18.8 Å². The molecule has 1 unspecified atom stereocenters. The first-order valence-corrected chi connectivity index (χ1v) is 14.3. The van der Waals surface area contributed by atoms with Gasteiger partial charge in [-0.25, -0.2) is 0 Å². The van der Waals surface area contributed by atoms with Gasteiger partial charge in [0.05, 0.1) is 13.2 Å². The standard InChI is InChI=1S/C34H46OS/c1-26-14-18-29(19-15-26)31(34(7,8)36-24-28-12-10-9-11-13-28)22-33(5,6)30-20-16-27(17-21-30)23-35-25-32(2,3)4/h9-21,31H,22-25H2,1-8H3. The Bertz CT molecular complexity index is 1060. The van der Waals surface area contributed by atoms with Crippen LogP contribution in [0.2, 0.25) is 0 Å². The molecule has 1 nitrogen and oxygen atoms in total. The summed E-state index contributed by atoms with van der Waals surface area (Å²) in [5.41, 5.74) is 7.02. The normalized spacial score (nSPS) is 13.6. The molecule has 0 bridgehead atoms. The first kappa shape index (κ1) is 28.5. The Balaban J connectivity index is 1.78. The summed E-state index contributed by atoms with van der Waals surface area (Å²) in [6, 6.07) is 29.2. The minimum atomic E-state index is 0.0466. The molecule has 3 rings (SSSR count). The summed E-state index contributed by atoms with van der Waals surface area (Å²) in [5.74, 6) is 1.46. The molecule has 3 aromatic rings. The molecule has 0 aromatic heterocycles. The first-order valence-electron chi connectivity index (χ1n) is 13.3.